The molecule has 0 atom stereocenters. The Kier molecular flexibility index (Phi) is 3.53. The number of fused-ring (bicyclic) bond motifs is 3. The van der Waals surface area contributed by atoms with Crippen LogP contribution in [0.3, 0.4) is 0 Å². The van der Waals surface area contributed by atoms with Gasteiger partial charge in [0.2, 0.25) is 0 Å². The van der Waals surface area contributed by atoms with Gasteiger partial charge in [-0.25, -0.2) is 0 Å². The van der Waals surface area contributed by atoms with E-state index in [1.807, 2.05) is 48.5 Å². The Labute approximate surface area is 146 Å². The highest BCUT2D eigenvalue weighted by Crippen LogP contribution is 2.25. The summed E-state index contributed by atoms with van der Waals surface area (Å²) in [6, 6.07) is 15.9. The molecule has 4 rings (SSSR count). The molecule has 0 fully saturated rings. The number of nitrogens with zero attached hydrogens (tertiary/aromatic N) is 2. The normalized spacial score (nSPS) is 11.2. The molecular formula is C21H19N3O. The predicted molar refractivity (Wildman–Crippen MR) is 102 cm³/mol. The number of nitrogens with one attached hydrogen (secondary N) is 1. The van der Waals surface area contributed by atoms with E-state index in [0.29, 0.717) is 5.69 Å². The first-order chi connectivity index (χ1) is 12.0. The summed E-state index contributed by atoms with van der Waals surface area (Å²) in [4.78, 5) is 22.3. The van der Waals surface area contributed by atoms with Crippen molar-refractivity contribution in [1.29, 1.82) is 0 Å². The Morgan fingerprint density at radius 1 is 1.00 bits per heavy atom. The minimum absolute atomic E-state index is 0.0662. The van der Waals surface area contributed by atoms with Crippen LogP contribution in [0.4, 0.5) is 5.69 Å². The van der Waals surface area contributed by atoms with Crippen molar-refractivity contribution in [3.63, 3.8) is 0 Å². The van der Waals surface area contributed by atoms with Crippen LogP contribution in [-0.4, -0.2) is 22.9 Å². The fourth-order valence-corrected chi connectivity index (χ4v) is 3.09. The first-order valence-electron chi connectivity index (χ1n) is 8.26. The van der Waals surface area contributed by atoms with E-state index in [0.717, 1.165) is 27.5 Å². The monoisotopic (exact) mass is 329 g/mol. The van der Waals surface area contributed by atoms with Crippen LogP contribution in [0.1, 0.15) is 21.6 Å². The molecule has 0 radical (unpaired) electrons. The van der Waals surface area contributed by atoms with Gasteiger partial charge >= 0.3 is 0 Å². The highest BCUT2D eigenvalue weighted by molar-refractivity contribution is 6.11. The van der Waals surface area contributed by atoms with E-state index < -0.39 is 0 Å². The van der Waals surface area contributed by atoms with Crippen LogP contribution in [-0.2, 0) is 0 Å². The van der Waals surface area contributed by atoms with Crippen molar-refractivity contribution in [2.24, 2.45) is 0 Å². The summed E-state index contributed by atoms with van der Waals surface area (Å²) in [7, 11) is 1.80. The van der Waals surface area contributed by atoms with E-state index in [1.165, 1.54) is 11.1 Å². The summed E-state index contributed by atoms with van der Waals surface area (Å²) in [5.74, 6) is -0.0662. The lowest BCUT2D eigenvalue weighted by Crippen LogP contribution is -2.26. The topological polar surface area (TPSA) is 49.0 Å². The lowest BCUT2D eigenvalue weighted by Gasteiger charge is -2.17. The second-order valence-electron chi connectivity index (χ2n) is 6.42. The molecule has 2 heterocycles. The molecule has 124 valence electrons. The fourth-order valence-electron chi connectivity index (χ4n) is 3.09. The molecule has 1 amide bonds. The molecule has 0 bridgehead atoms. The average molecular weight is 329 g/mol. The number of aryl methyl sites for hydroxylation is 2. The van der Waals surface area contributed by atoms with E-state index in [2.05, 4.69) is 23.8 Å². The van der Waals surface area contributed by atoms with Gasteiger partial charge in [0.05, 0.1) is 11.0 Å². The van der Waals surface area contributed by atoms with Gasteiger partial charge < -0.3 is 9.88 Å². The Balaban J connectivity index is 1.76. The van der Waals surface area contributed by atoms with Crippen LogP contribution in [0, 0.1) is 13.8 Å². The standard InChI is InChI=1S/C21H19N3O/c1-13-6-9-17(11-14(13)2)24(3)21(25)18-12-16-8-7-15-5-4-10-22-19(15)20(16)23-18/h4-12,23H,1-3H3. The van der Waals surface area contributed by atoms with Crippen molar-refractivity contribution in [1.82, 2.24) is 9.97 Å². The van der Waals surface area contributed by atoms with Crippen molar-refractivity contribution in [2.45, 2.75) is 13.8 Å². The van der Waals surface area contributed by atoms with Crippen molar-refractivity contribution >= 4 is 33.4 Å². The van der Waals surface area contributed by atoms with E-state index in [9.17, 15) is 4.79 Å². The van der Waals surface area contributed by atoms with Crippen molar-refractivity contribution in [3.05, 3.63) is 71.5 Å². The molecule has 4 heteroatoms. The van der Waals surface area contributed by atoms with Crippen molar-refractivity contribution < 1.29 is 4.79 Å². The maximum Gasteiger partial charge on any atom is 0.274 e. The first kappa shape index (κ1) is 15.4. The van der Waals surface area contributed by atoms with Gasteiger partial charge in [-0.3, -0.25) is 9.78 Å². The van der Waals surface area contributed by atoms with Gasteiger partial charge in [0.15, 0.2) is 0 Å². The Morgan fingerprint density at radius 3 is 2.60 bits per heavy atom. The van der Waals surface area contributed by atoms with Gasteiger partial charge in [0, 0.05) is 29.7 Å². The van der Waals surface area contributed by atoms with E-state index in [4.69, 9.17) is 0 Å². The minimum atomic E-state index is -0.0662. The van der Waals surface area contributed by atoms with Gasteiger partial charge in [-0.2, -0.15) is 0 Å². The molecule has 2 aromatic carbocycles. The summed E-state index contributed by atoms with van der Waals surface area (Å²) in [6.45, 7) is 4.12. The summed E-state index contributed by atoms with van der Waals surface area (Å²) >= 11 is 0. The number of rotatable bonds is 2. The van der Waals surface area contributed by atoms with Crippen molar-refractivity contribution in [2.75, 3.05) is 11.9 Å². The molecule has 4 nitrogen and oxygen atoms in total. The molecule has 1 N–H and O–H groups in total. The quantitative estimate of drug-likeness (QED) is 0.584. The average Bonchev–Trinajstić information content (AvgIpc) is 3.07. The van der Waals surface area contributed by atoms with Gasteiger partial charge in [0.25, 0.3) is 5.91 Å². The summed E-state index contributed by atoms with van der Waals surface area (Å²) in [6.07, 6.45) is 1.77. The molecule has 25 heavy (non-hydrogen) atoms. The van der Waals surface area contributed by atoms with Gasteiger partial charge in [-0.15, -0.1) is 0 Å². The van der Waals surface area contributed by atoms with Crippen LogP contribution in [0.2, 0.25) is 0 Å². The van der Waals surface area contributed by atoms with E-state index in [-0.39, 0.29) is 5.91 Å². The number of aromatic nitrogens is 2. The van der Waals surface area contributed by atoms with Gasteiger partial charge in [-0.1, -0.05) is 24.3 Å². The largest absolute Gasteiger partial charge is 0.349 e. The van der Waals surface area contributed by atoms with Crippen LogP contribution < -0.4 is 4.90 Å². The van der Waals surface area contributed by atoms with Crippen LogP contribution in [0.5, 0.6) is 0 Å². The number of hydrogen-bond acceptors (Lipinski definition) is 2. The lowest BCUT2D eigenvalue weighted by atomic mass is 10.1. The highest BCUT2D eigenvalue weighted by Gasteiger charge is 2.17. The van der Waals surface area contributed by atoms with Crippen LogP contribution >= 0.6 is 0 Å². The number of hydrogen-bond donors (Lipinski definition) is 1. The third-order valence-corrected chi connectivity index (χ3v) is 4.78. The Hall–Kier alpha value is -3.14. The highest BCUT2D eigenvalue weighted by atomic mass is 16.2. The zero-order valence-corrected chi connectivity index (χ0v) is 14.5. The summed E-state index contributed by atoms with van der Waals surface area (Å²) < 4.78 is 0. The molecular weight excluding hydrogens is 310 g/mol. The molecule has 0 aliphatic carbocycles. The number of benzene rings is 2. The molecule has 4 aromatic rings. The number of amides is 1. The zero-order valence-electron chi connectivity index (χ0n) is 14.5. The third-order valence-electron chi connectivity index (χ3n) is 4.78. The maximum absolute atomic E-state index is 12.9. The van der Waals surface area contributed by atoms with Gasteiger partial charge in [0.1, 0.15) is 5.69 Å². The number of carbonyl (C=O) groups excluding carboxylic acids is 1. The second kappa shape index (κ2) is 5.74. The second-order valence-corrected chi connectivity index (χ2v) is 6.42. The smallest absolute Gasteiger partial charge is 0.274 e. The zero-order chi connectivity index (χ0) is 17.6. The van der Waals surface area contributed by atoms with Crippen LogP contribution in [0.25, 0.3) is 21.8 Å². The maximum atomic E-state index is 12.9. The number of carbonyl (C=O) groups is 1. The minimum Gasteiger partial charge on any atom is -0.349 e. The first-order valence-corrected chi connectivity index (χ1v) is 8.26. The lowest BCUT2D eigenvalue weighted by molar-refractivity contribution is 0.0989. The molecule has 2 aromatic heterocycles. The van der Waals surface area contributed by atoms with Gasteiger partial charge in [-0.05, 0) is 49.2 Å². The Bertz CT molecular complexity index is 1110. The Morgan fingerprint density at radius 2 is 1.80 bits per heavy atom. The number of anilines is 1. The summed E-state index contributed by atoms with van der Waals surface area (Å²) in [5.41, 5.74) is 5.61. The molecule has 0 aliphatic rings. The fraction of sp³-hybridized carbons (Fsp3) is 0.143. The van der Waals surface area contributed by atoms with Crippen LogP contribution in [0.15, 0.2) is 54.7 Å². The molecule has 0 spiro atoms. The van der Waals surface area contributed by atoms with E-state index >= 15 is 0 Å². The number of aromatic amines is 1. The molecule has 0 saturated carbocycles. The van der Waals surface area contributed by atoms with E-state index in [1.54, 1.807) is 18.1 Å². The summed E-state index contributed by atoms with van der Waals surface area (Å²) in [5, 5.41) is 2.04. The SMILES string of the molecule is Cc1ccc(N(C)C(=O)c2cc3ccc4cccnc4c3[nH]2)cc1C. The third kappa shape index (κ3) is 2.56. The molecule has 0 unspecified atom stereocenters. The number of H-pyrrole nitrogens is 1. The predicted octanol–water partition coefficient (Wildman–Crippen LogP) is 4.61. The van der Waals surface area contributed by atoms with Crippen molar-refractivity contribution in [3.8, 4) is 0 Å². The molecule has 0 aliphatic heterocycles. The number of pyridine rings is 1. The molecule has 0 saturated heterocycles.